The van der Waals surface area contributed by atoms with Crippen LogP contribution in [0.4, 0.5) is 0 Å². The van der Waals surface area contributed by atoms with Gasteiger partial charge in [-0.15, -0.1) is 13.2 Å². The molecule has 0 N–H and O–H groups in total. The molecule has 0 aromatic heterocycles. The lowest BCUT2D eigenvalue weighted by Crippen LogP contribution is -2.22. The highest BCUT2D eigenvalue weighted by Gasteiger charge is 2.23. The molecule has 0 aromatic rings. The average molecular weight is 281 g/mol. The molecular formula is C20H40. The smallest absolute Gasteiger partial charge is 0.0236 e. The van der Waals surface area contributed by atoms with Crippen LogP contribution in [0.3, 0.4) is 0 Å². The molecular weight excluding hydrogens is 240 g/mol. The summed E-state index contributed by atoms with van der Waals surface area (Å²) in [6.45, 7) is 25.7. The lowest BCUT2D eigenvalue weighted by atomic mass is 9.75. The third-order valence-electron chi connectivity index (χ3n) is 4.40. The Bertz CT molecular complexity index is 226. The van der Waals surface area contributed by atoms with E-state index in [-0.39, 0.29) is 0 Å². The molecule has 0 fully saturated rings. The molecule has 0 saturated carbocycles. The molecule has 0 aliphatic heterocycles. The maximum Gasteiger partial charge on any atom is -0.0236 e. The SMILES string of the molecule is C=CC(C)C.C=CC(C)C(CC)CC(C(C)C)C(C)C. The molecule has 120 valence electrons. The second-order valence-electron chi connectivity index (χ2n) is 7.13. The number of hydrogen-bond donors (Lipinski definition) is 0. The van der Waals surface area contributed by atoms with Crippen LogP contribution in [0.2, 0.25) is 0 Å². The average Bonchev–Trinajstić information content (AvgIpc) is 2.38. The molecule has 0 aliphatic carbocycles. The van der Waals surface area contributed by atoms with Crippen LogP contribution in [-0.2, 0) is 0 Å². The van der Waals surface area contributed by atoms with Gasteiger partial charge < -0.3 is 0 Å². The van der Waals surface area contributed by atoms with E-state index >= 15 is 0 Å². The number of rotatable bonds is 8. The van der Waals surface area contributed by atoms with Gasteiger partial charge in [0, 0.05) is 0 Å². The Kier molecular flexibility index (Phi) is 13.3. The molecule has 0 saturated heterocycles. The standard InChI is InChI=1S/C15H30.C5H10/c1-8-13(7)14(9-2)10-15(11(3)4)12(5)6;1-4-5(2)3/h8,11-15H,1,9-10H2,2-7H3;4-5H,1H2,2-3H3. The van der Waals surface area contributed by atoms with Crippen molar-refractivity contribution in [2.24, 2.45) is 35.5 Å². The maximum absolute atomic E-state index is 3.93. The molecule has 0 heteroatoms. The Labute approximate surface area is 129 Å². The zero-order chi connectivity index (χ0) is 16.3. The van der Waals surface area contributed by atoms with Crippen LogP contribution >= 0.6 is 0 Å². The Morgan fingerprint density at radius 2 is 1.20 bits per heavy atom. The minimum Gasteiger partial charge on any atom is -0.103 e. The molecule has 0 nitrogen and oxygen atoms in total. The summed E-state index contributed by atoms with van der Waals surface area (Å²) < 4.78 is 0. The zero-order valence-corrected chi connectivity index (χ0v) is 15.4. The number of hydrogen-bond acceptors (Lipinski definition) is 0. The van der Waals surface area contributed by atoms with Gasteiger partial charge in [-0.05, 0) is 41.9 Å². The summed E-state index contributed by atoms with van der Waals surface area (Å²) >= 11 is 0. The summed E-state index contributed by atoms with van der Waals surface area (Å²) in [5, 5.41) is 0. The first-order valence-electron chi connectivity index (χ1n) is 8.46. The van der Waals surface area contributed by atoms with E-state index in [0.29, 0.717) is 11.8 Å². The minimum absolute atomic E-state index is 0.648. The van der Waals surface area contributed by atoms with Crippen molar-refractivity contribution in [1.29, 1.82) is 0 Å². The lowest BCUT2D eigenvalue weighted by molar-refractivity contribution is 0.204. The highest BCUT2D eigenvalue weighted by molar-refractivity contribution is 4.83. The number of allylic oxidation sites excluding steroid dienone is 2. The predicted octanol–water partition coefficient (Wildman–Crippen LogP) is 6.98. The van der Waals surface area contributed by atoms with E-state index in [1.54, 1.807) is 0 Å². The van der Waals surface area contributed by atoms with Crippen molar-refractivity contribution in [3.05, 3.63) is 25.3 Å². The van der Waals surface area contributed by atoms with Gasteiger partial charge in [0.1, 0.15) is 0 Å². The summed E-state index contributed by atoms with van der Waals surface area (Å²) in [6.07, 6.45) is 6.67. The molecule has 0 radical (unpaired) electrons. The van der Waals surface area contributed by atoms with Gasteiger partial charge in [0.25, 0.3) is 0 Å². The first-order valence-corrected chi connectivity index (χ1v) is 8.46. The van der Waals surface area contributed by atoms with Gasteiger partial charge in [-0.2, -0.15) is 0 Å². The summed E-state index contributed by atoms with van der Waals surface area (Å²) in [6, 6.07) is 0. The van der Waals surface area contributed by atoms with E-state index in [1.807, 2.05) is 6.08 Å². The summed E-state index contributed by atoms with van der Waals surface area (Å²) in [7, 11) is 0. The first kappa shape index (κ1) is 21.8. The normalized spacial score (nSPS) is 14.2. The third kappa shape index (κ3) is 10.3. The van der Waals surface area contributed by atoms with Gasteiger partial charge in [-0.25, -0.2) is 0 Å². The van der Waals surface area contributed by atoms with E-state index in [9.17, 15) is 0 Å². The minimum atomic E-state index is 0.648. The molecule has 0 aliphatic rings. The van der Waals surface area contributed by atoms with Crippen LogP contribution in [0, 0.1) is 35.5 Å². The molecule has 2 unspecified atom stereocenters. The summed E-state index contributed by atoms with van der Waals surface area (Å²) in [5.74, 6) is 4.59. The summed E-state index contributed by atoms with van der Waals surface area (Å²) in [4.78, 5) is 0. The van der Waals surface area contributed by atoms with Crippen LogP contribution < -0.4 is 0 Å². The molecule has 0 heterocycles. The molecule has 0 amide bonds. The monoisotopic (exact) mass is 280 g/mol. The topological polar surface area (TPSA) is 0 Å². The Balaban J connectivity index is 0. The van der Waals surface area contributed by atoms with Crippen LogP contribution in [0.1, 0.15) is 68.2 Å². The van der Waals surface area contributed by atoms with E-state index in [4.69, 9.17) is 0 Å². The van der Waals surface area contributed by atoms with E-state index in [1.165, 1.54) is 12.8 Å². The van der Waals surface area contributed by atoms with E-state index < -0.39 is 0 Å². The van der Waals surface area contributed by atoms with Crippen molar-refractivity contribution in [3.63, 3.8) is 0 Å². The van der Waals surface area contributed by atoms with Crippen LogP contribution in [0.15, 0.2) is 25.3 Å². The molecule has 2 atom stereocenters. The quantitative estimate of drug-likeness (QED) is 0.421. The van der Waals surface area contributed by atoms with Crippen molar-refractivity contribution >= 4 is 0 Å². The molecule has 0 bridgehead atoms. The van der Waals surface area contributed by atoms with Gasteiger partial charge in [-0.1, -0.05) is 74.0 Å². The highest BCUT2D eigenvalue weighted by Crippen LogP contribution is 2.32. The fourth-order valence-electron chi connectivity index (χ4n) is 2.61. The van der Waals surface area contributed by atoms with Crippen molar-refractivity contribution in [2.75, 3.05) is 0 Å². The Morgan fingerprint density at radius 3 is 1.40 bits per heavy atom. The van der Waals surface area contributed by atoms with Crippen molar-refractivity contribution in [3.8, 4) is 0 Å². The second-order valence-corrected chi connectivity index (χ2v) is 7.13. The van der Waals surface area contributed by atoms with Crippen LogP contribution in [0.5, 0.6) is 0 Å². The van der Waals surface area contributed by atoms with Gasteiger partial charge in [0.05, 0.1) is 0 Å². The third-order valence-corrected chi connectivity index (χ3v) is 4.40. The lowest BCUT2D eigenvalue weighted by Gasteiger charge is -2.31. The van der Waals surface area contributed by atoms with Crippen molar-refractivity contribution in [1.82, 2.24) is 0 Å². The molecule has 0 rings (SSSR count). The highest BCUT2D eigenvalue weighted by atomic mass is 14.3. The molecule has 0 aromatic carbocycles. The van der Waals surface area contributed by atoms with E-state index in [0.717, 1.165) is 23.7 Å². The fourth-order valence-corrected chi connectivity index (χ4v) is 2.61. The van der Waals surface area contributed by atoms with Crippen LogP contribution in [0.25, 0.3) is 0 Å². The molecule has 20 heavy (non-hydrogen) atoms. The van der Waals surface area contributed by atoms with Crippen molar-refractivity contribution in [2.45, 2.75) is 68.2 Å². The Morgan fingerprint density at radius 1 is 0.800 bits per heavy atom. The maximum atomic E-state index is 3.93. The Hall–Kier alpha value is -0.520. The van der Waals surface area contributed by atoms with Crippen LogP contribution in [-0.4, -0.2) is 0 Å². The van der Waals surface area contributed by atoms with Gasteiger partial charge in [0.2, 0.25) is 0 Å². The fraction of sp³-hybridized carbons (Fsp3) is 0.800. The zero-order valence-electron chi connectivity index (χ0n) is 15.4. The van der Waals surface area contributed by atoms with Crippen molar-refractivity contribution < 1.29 is 0 Å². The largest absolute Gasteiger partial charge is 0.103 e. The van der Waals surface area contributed by atoms with Gasteiger partial charge in [-0.3, -0.25) is 0 Å². The second kappa shape index (κ2) is 12.2. The molecule has 0 spiro atoms. The first-order chi connectivity index (χ1) is 9.20. The predicted molar refractivity (Wildman–Crippen MR) is 96.0 cm³/mol. The van der Waals surface area contributed by atoms with Gasteiger partial charge in [0.15, 0.2) is 0 Å². The van der Waals surface area contributed by atoms with Gasteiger partial charge >= 0.3 is 0 Å². The summed E-state index contributed by atoms with van der Waals surface area (Å²) in [5.41, 5.74) is 0. The van der Waals surface area contributed by atoms with E-state index in [2.05, 4.69) is 74.6 Å².